The van der Waals surface area contributed by atoms with E-state index in [1.54, 1.807) is 0 Å². The zero-order valence-corrected chi connectivity index (χ0v) is 17.9. The maximum Gasteiger partial charge on any atom is 0.340 e. The molecule has 0 saturated carbocycles. The van der Waals surface area contributed by atoms with Crippen molar-refractivity contribution >= 4 is 26.4 Å². The van der Waals surface area contributed by atoms with Crippen LogP contribution in [0.15, 0.2) is 17.4 Å². The van der Waals surface area contributed by atoms with E-state index in [-0.39, 0.29) is 24.3 Å². The highest BCUT2D eigenvalue weighted by molar-refractivity contribution is 7.70. The molecule has 1 fully saturated rings. The molecule has 16 heteroatoms. The standard InChI is InChI=1S/C15H22N4O10P2/c20-11-9-5-28-31(25,26)8-30(23,24)27-4-2-1-3-18-6-17-13-10(14(18)22)16-7-19(13)15(29-9)12(11)21/h6-7,9,11-12,15,20-21H,1-5,8H2,(H,23,24)(H,25,26)/t9-,11?,12?,15-/m1/s1. The molecular formula is C15H22N4O10P2. The highest BCUT2D eigenvalue weighted by Crippen LogP contribution is 2.58. The van der Waals surface area contributed by atoms with E-state index in [1.165, 1.54) is 21.8 Å². The first-order valence-electron chi connectivity index (χ1n) is 9.44. The fourth-order valence-corrected chi connectivity index (χ4v) is 6.73. The molecule has 3 aliphatic heterocycles. The number of fused-ring (bicyclic) bond motifs is 10. The zero-order chi connectivity index (χ0) is 22.4. The molecule has 1 saturated heterocycles. The minimum Gasteiger partial charge on any atom is -0.387 e. The first kappa shape index (κ1) is 22.7. The average Bonchev–Trinajstić information content (AvgIpc) is 3.22. The van der Waals surface area contributed by atoms with Gasteiger partial charge in [-0.2, -0.15) is 0 Å². The van der Waals surface area contributed by atoms with Crippen LogP contribution in [-0.4, -0.2) is 76.5 Å². The Labute approximate surface area is 175 Å². The van der Waals surface area contributed by atoms with Crippen LogP contribution in [0, 0.1) is 0 Å². The Morgan fingerprint density at radius 2 is 1.77 bits per heavy atom. The summed E-state index contributed by atoms with van der Waals surface area (Å²) in [6.07, 6.45) is -2.17. The Balaban J connectivity index is 1.69. The first-order chi connectivity index (χ1) is 14.6. The molecule has 0 spiro atoms. The van der Waals surface area contributed by atoms with Gasteiger partial charge < -0.3 is 33.8 Å². The van der Waals surface area contributed by atoms with Gasteiger partial charge in [-0.05, 0) is 12.8 Å². The van der Waals surface area contributed by atoms with E-state index in [1.807, 2.05) is 0 Å². The molecule has 0 aromatic carbocycles. The lowest BCUT2D eigenvalue weighted by Crippen LogP contribution is -2.33. The maximum atomic E-state index is 12.7. The van der Waals surface area contributed by atoms with Crippen molar-refractivity contribution in [1.82, 2.24) is 19.1 Å². The molecule has 31 heavy (non-hydrogen) atoms. The van der Waals surface area contributed by atoms with Gasteiger partial charge >= 0.3 is 15.2 Å². The monoisotopic (exact) mass is 480 g/mol. The van der Waals surface area contributed by atoms with Crippen LogP contribution in [0.25, 0.3) is 11.2 Å². The number of hydrogen-bond acceptors (Lipinski definition) is 10. The Kier molecular flexibility index (Phi) is 6.21. The van der Waals surface area contributed by atoms with E-state index < -0.39 is 57.8 Å². The fourth-order valence-electron chi connectivity index (χ4n) is 3.48. The molecular weight excluding hydrogens is 458 g/mol. The van der Waals surface area contributed by atoms with Crippen molar-refractivity contribution in [3.63, 3.8) is 0 Å². The van der Waals surface area contributed by atoms with Crippen LogP contribution in [0.2, 0.25) is 0 Å². The lowest BCUT2D eigenvalue weighted by Gasteiger charge is -2.20. The quantitative estimate of drug-likeness (QED) is 0.349. The van der Waals surface area contributed by atoms with Crippen molar-refractivity contribution in [2.75, 3.05) is 19.1 Å². The van der Waals surface area contributed by atoms with E-state index in [4.69, 9.17) is 13.8 Å². The van der Waals surface area contributed by atoms with Crippen LogP contribution >= 0.6 is 15.2 Å². The smallest absolute Gasteiger partial charge is 0.340 e. The largest absolute Gasteiger partial charge is 0.387 e. The lowest BCUT2D eigenvalue weighted by molar-refractivity contribution is -0.0484. The van der Waals surface area contributed by atoms with E-state index in [0.29, 0.717) is 12.8 Å². The second kappa shape index (κ2) is 8.47. The fraction of sp³-hybridized carbons (Fsp3) is 0.667. The molecule has 172 valence electrons. The Morgan fingerprint density at radius 3 is 2.55 bits per heavy atom. The third kappa shape index (κ3) is 4.68. The van der Waals surface area contributed by atoms with Gasteiger partial charge in [-0.3, -0.25) is 23.1 Å². The molecule has 0 radical (unpaired) electrons. The molecule has 0 amide bonds. The van der Waals surface area contributed by atoms with Gasteiger partial charge in [0.05, 0.1) is 19.5 Å². The second-order valence-electron chi connectivity index (χ2n) is 7.37. The van der Waals surface area contributed by atoms with E-state index in [2.05, 4.69) is 9.97 Å². The predicted octanol–water partition coefficient (Wildman–Crippen LogP) is -0.633. The highest BCUT2D eigenvalue weighted by atomic mass is 31.2. The van der Waals surface area contributed by atoms with Gasteiger partial charge in [0, 0.05) is 6.54 Å². The Morgan fingerprint density at radius 1 is 1.03 bits per heavy atom. The van der Waals surface area contributed by atoms with Crippen LogP contribution in [0.4, 0.5) is 0 Å². The molecule has 2 aromatic rings. The van der Waals surface area contributed by atoms with Crippen molar-refractivity contribution in [2.45, 2.75) is 43.9 Å². The summed E-state index contributed by atoms with van der Waals surface area (Å²) in [4.78, 5) is 40.7. The third-order valence-electron chi connectivity index (χ3n) is 5.05. The summed E-state index contributed by atoms with van der Waals surface area (Å²) < 4.78 is 42.2. The molecule has 5 rings (SSSR count). The number of aliphatic hydroxyl groups is 2. The Bertz CT molecular complexity index is 1120. The van der Waals surface area contributed by atoms with Crippen LogP contribution in [0.1, 0.15) is 19.1 Å². The first-order valence-corrected chi connectivity index (χ1v) is 13.0. The number of aromatic nitrogens is 4. The predicted molar refractivity (Wildman–Crippen MR) is 103 cm³/mol. The molecule has 3 aliphatic rings. The van der Waals surface area contributed by atoms with Gasteiger partial charge in [0.2, 0.25) is 0 Å². The van der Waals surface area contributed by atoms with Gasteiger partial charge in [-0.25, -0.2) is 9.97 Å². The van der Waals surface area contributed by atoms with E-state index in [0.717, 1.165) is 0 Å². The summed E-state index contributed by atoms with van der Waals surface area (Å²) in [6, 6.07) is 0. The number of imidazole rings is 1. The van der Waals surface area contributed by atoms with Crippen LogP contribution < -0.4 is 5.56 Å². The SMILES string of the molecule is O=c1c2ncn3c2ncn1CCCCOP(=O)(O)CP(=O)(O)OC[C@H]1O[C@@H]3C(O)C1O. The summed E-state index contributed by atoms with van der Waals surface area (Å²) in [6.45, 7) is -0.584. The number of nitrogens with zero attached hydrogens (tertiary/aromatic N) is 4. The number of hydrogen-bond donors (Lipinski definition) is 4. The molecule has 2 aromatic heterocycles. The van der Waals surface area contributed by atoms with E-state index in [9.17, 15) is 33.9 Å². The molecule has 5 heterocycles. The van der Waals surface area contributed by atoms with Crippen molar-refractivity contribution in [1.29, 1.82) is 0 Å². The van der Waals surface area contributed by atoms with Gasteiger partial charge in [0.15, 0.2) is 23.3 Å². The topological polar surface area (TPSA) is 195 Å². The molecule has 14 nitrogen and oxygen atoms in total. The minimum atomic E-state index is -4.57. The number of aryl methyl sites for hydroxylation is 1. The van der Waals surface area contributed by atoms with Crippen LogP contribution in [0.5, 0.6) is 0 Å². The average molecular weight is 480 g/mol. The van der Waals surface area contributed by atoms with E-state index >= 15 is 0 Å². The second-order valence-corrected chi connectivity index (χ2v) is 11.6. The number of aliphatic hydroxyl groups excluding tert-OH is 2. The number of ether oxygens (including phenoxy) is 1. The van der Waals surface area contributed by atoms with Crippen molar-refractivity contribution in [3.8, 4) is 0 Å². The van der Waals surface area contributed by atoms with Crippen molar-refractivity contribution in [3.05, 3.63) is 23.0 Å². The summed E-state index contributed by atoms with van der Waals surface area (Å²) in [5.41, 5.74) is -0.255. The van der Waals surface area contributed by atoms with Crippen molar-refractivity contribution in [2.24, 2.45) is 0 Å². The Hall–Kier alpha value is -1.47. The van der Waals surface area contributed by atoms with Gasteiger partial charge in [-0.1, -0.05) is 0 Å². The van der Waals surface area contributed by atoms with Gasteiger partial charge in [0.25, 0.3) is 5.56 Å². The van der Waals surface area contributed by atoms with Gasteiger partial charge in [0.1, 0.15) is 24.6 Å². The number of rotatable bonds is 0. The van der Waals surface area contributed by atoms with Crippen LogP contribution in [-0.2, 0) is 29.5 Å². The molecule has 6 bridgehead atoms. The summed E-state index contributed by atoms with van der Waals surface area (Å²) in [5, 5.41) is 20.7. The minimum absolute atomic E-state index is 0.0320. The maximum absolute atomic E-state index is 12.7. The van der Waals surface area contributed by atoms with Crippen LogP contribution in [0.3, 0.4) is 0 Å². The normalized spacial score (nSPS) is 37.8. The van der Waals surface area contributed by atoms with Gasteiger partial charge in [-0.15, -0.1) is 0 Å². The summed E-state index contributed by atoms with van der Waals surface area (Å²) in [5.74, 6) is -1.14. The third-order valence-corrected chi connectivity index (χ3v) is 9.04. The molecule has 4 unspecified atom stereocenters. The summed E-state index contributed by atoms with van der Waals surface area (Å²) >= 11 is 0. The lowest BCUT2D eigenvalue weighted by atomic mass is 10.1. The molecule has 6 atom stereocenters. The molecule has 0 aliphatic carbocycles. The highest BCUT2D eigenvalue weighted by Gasteiger charge is 2.46. The molecule has 4 N–H and O–H groups in total. The summed E-state index contributed by atoms with van der Waals surface area (Å²) in [7, 11) is -9.00. The zero-order valence-electron chi connectivity index (χ0n) is 16.1. The van der Waals surface area contributed by atoms with Crippen molar-refractivity contribution < 1.29 is 42.9 Å².